The van der Waals surface area contributed by atoms with E-state index in [1.165, 1.54) is 0 Å². The molecule has 4 heteroatoms. The summed E-state index contributed by atoms with van der Waals surface area (Å²) in [5.41, 5.74) is 9.28. The molecule has 0 saturated carbocycles. The largest absolute Gasteiger partial charge is 0.398 e. The Kier molecular flexibility index (Phi) is 3.03. The number of amides is 1. The van der Waals surface area contributed by atoms with Gasteiger partial charge in [-0.1, -0.05) is 18.2 Å². The molecule has 2 aromatic carbocycles. The Morgan fingerprint density at radius 3 is 2.74 bits per heavy atom. The van der Waals surface area contributed by atoms with Gasteiger partial charge in [0.05, 0.1) is 0 Å². The molecule has 0 radical (unpaired) electrons. The predicted octanol–water partition coefficient (Wildman–Crippen LogP) is 3.23. The van der Waals surface area contributed by atoms with Gasteiger partial charge >= 0.3 is 0 Å². The van der Waals surface area contributed by atoms with Crippen LogP contribution in [-0.2, 0) is 6.42 Å². The Morgan fingerprint density at radius 1 is 1.16 bits per heavy atom. The van der Waals surface area contributed by atoms with Crippen molar-refractivity contribution in [1.29, 1.82) is 0 Å². The number of anilines is 2. The first kappa shape index (κ1) is 12.2. The van der Waals surface area contributed by atoms with E-state index in [0.29, 0.717) is 12.2 Å². The molecule has 96 valence electrons. The van der Waals surface area contributed by atoms with Gasteiger partial charge in [-0.25, -0.2) is 0 Å². The van der Waals surface area contributed by atoms with Crippen molar-refractivity contribution in [3.63, 3.8) is 0 Å². The van der Waals surface area contributed by atoms with Crippen molar-refractivity contribution in [2.24, 2.45) is 0 Å². The molecule has 1 aliphatic rings. The highest BCUT2D eigenvalue weighted by atomic mass is 79.9. The summed E-state index contributed by atoms with van der Waals surface area (Å²) in [6.07, 6.45) is 0.873. The molecular weight excluding hydrogens is 304 g/mol. The van der Waals surface area contributed by atoms with Crippen LogP contribution in [-0.4, -0.2) is 12.5 Å². The maximum atomic E-state index is 12.5. The van der Waals surface area contributed by atoms with Crippen molar-refractivity contribution in [3.8, 4) is 0 Å². The molecule has 2 N–H and O–H groups in total. The third kappa shape index (κ3) is 2.12. The lowest BCUT2D eigenvalue weighted by atomic mass is 9.98. The van der Waals surface area contributed by atoms with Crippen molar-refractivity contribution < 1.29 is 4.79 Å². The molecule has 0 unspecified atom stereocenters. The van der Waals surface area contributed by atoms with Crippen molar-refractivity contribution in [2.45, 2.75) is 6.42 Å². The number of benzene rings is 2. The maximum Gasteiger partial charge on any atom is 0.258 e. The van der Waals surface area contributed by atoms with Crippen molar-refractivity contribution >= 4 is 33.2 Å². The Bertz CT molecular complexity index is 654. The molecule has 19 heavy (non-hydrogen) atoms. The van der Waals surface area contributed by atoms with Crippen LogP contribution >= 0.6 is 15.9 Å². The second-order valence-electron chi connectivity index (χ2n) is 4.57. The van der Waals surface area contributed by atoms with Gasteiger partial charge in [-0.3, -0.25) is 4.79 Å². The second-order valence-corrected chi connectivity index (χ2v) is 5.42. The monoisotopic (exact) mass is 316 g/mol. The number of carbonyl (C=O) groups excluding carboxylic acids is 1. The number of hydrogen-bond donors (Lipinski definition) is 1. The van der Waals surface area contributed by atoms with Gasteiger partial charge in [-0.2, -0.15) is 0 Å². The SMILES string of the molecule is Nc1cc(N2CCc3ccccc3C2=O)ccc1Br. The Morgan fingerprint density at radius 2 is 1.95 bits per heavy atom. The molecule has 1 heterocycles. The van der Waals surface area contributed by atoms with E-state index in [1.54, 1.807) is 4.90 Å². The van der Waals surface area contributed by atoms with Crippen LogP contribution in [0.25, 0.3) is 0 Å². The van der Waals surface area contributed by atoms with Gasteiger partial charge < -0.3 is 10.6 Å². The zero-order valence-electron chi connectivity index (χ0n) is 10.3. The zero-order valence-corrected chi connectivity index (χ0v) is 11.9. The minimum atomic E-state index is 0.0450. The first-order chi connectivity index (χ1) is 9.16. The first-order valence-electron chi connectivity index (χ1n) is 6.11. The van der Waals surface area contributed by atoms with E-state index in [0.717, 1.165) is 27.7 Å². The molecule has 2 aromatic rings. The van der Waals surface area contributed by atoms with Crippen LogP contribution in [0.3, 0.4) is 0 Å². The summed E-state index contributed by atoms with van der Waals surface area (Å²) in [4.78, 5) is 14.3. The lowest BCUT2D eigenvalue weighted by molar-refractivity contribution is 0.0980. The third-order valence-corrected chi connectivity index (χ3v) is 4.11. The summed E-state index contributed by atoms with van der Waals surface area (Å²) in [6, 6.07) is 13.4. The average molecular weight is 317 g/mol. The molecule has 0 saturated heterocycles. The van der Waals surface area contributed by atoms with Gasteiger partial charge in [0, 0.05) is 28.0 Å². The van der Waals surface area contributed by atoms with Crippen LogP contribution in [0.1, 0.15) is 15.9 Å². The normalized spacial score (nSPS) is 14.4. The molecule has 0 aromatic heterocycles. The molecule has 0 aliphatic carbocycles. The van der Waals surface area contributed by atoms with Crippen LogP contribution in [0.15, 0.2) is 46.9 Å². The van der Waals surface area contributed by atoms with E-state index >= 15 is 0 Å². The molecule has 1 aliphatic heterocycles. The fourth-order valence-electron chi connectivity index (χ4n) is 2.37. The van der Waals surface area contributed by atoms with E-state index in [2.05, 4.69) is 15.9 Å². The van der Waals surface area contributed by atoms with Crippen molar-refractivity contribution in [3.05, 3.63) is 58.1 Å². The lowest BCUT2D eigenvalue weighted by Gasteiger charge is -2.28. The average Bonchev–Trinajstić information content (AvgIpc) is 2.43. The maximum absolute atomic E-state index is 12.5. The lowest BCUT2D eigenvalue weighted by Crippen LogP contribution is -2.37. The summed E-state index contributed by atoms with van der Waals surface area (Å²) in [7, 11) is 0. The number of carbonyl (C=O) groups is 1. The smallest absolute Gasteiger partial charge is 0.258 e. The zero-order chi connectivity index (χ0) is 13.4. The summed E-state index contributed by atoms with van der Waals surface area (Å²) in [6.45, 7) is 0.691. The Labute approximate surface area is 120 Å². The summed E-state index contributed by atoms with van der Waals surface area (Å²) >= 11 is 3.37. The highest BCUT2D eigenvalue weighted by Crippen LogP contribution is 2.29. The third-order valence-electron chi connectivity index (χ3n) is 3.39. The van der Waals surface area contributed by atoms with Crippen molar-refractivity contribution in [1.82, 2.24) is 0 Å². The summed E-state index contributed by atoms with van der Waals surface area (Å²) in [5.74, 6) is 0.0450. The highest BCUT2D eigenvalue weighted by molar-refractivity contribution is 9.10. The number of fused-ring (bicyclic) bond motifs is 1. The highest BCUT2D eigenvalue weighted by Gasteiger charge is 2.25. The fraction of sp³-hybridized carbons (Fsp3) is 0.133. The molecule has 0 spiro atoms. The quantitative estimate of drug-likeness (QED) is 0.821. The van der Waals surface area contributed by atoms with E-state index in [1.807, 2.05) is 42.5 Å². The number of halogens is 1. The minimum Gasteiger partial charge on any atom is -0.398 e. The van der Waals surface area contributed by atoms with Crippen LogP contribution < -0.4 is 10.6 Å². The molecule has 3 rings (SSSR count). The molecule has 1 amide bonds. The van der Waals surface area contributed by atoms with Crippen molar-refractivity contribution in [2.75, 3.05) is 17.2 Å². The van der Waals surface area contributed by atoms with Crippen LogP contribution in [0.5, 0.6) is 0 Å². The van der Waals surface area contributed by atoms with E-state index in [9.17, 15) is 4.79 Å². The standard InChI is InChI=1S/C15H13BrN2O/c16-13-6-5-11(9-14(13)17)18-8-7-10-3-1-2-4-12(10)15(18)19/h1-6,9H,7-8,17H2. The van der Waals surface area contributed by atoms with Crippen LogP contribution in [0, 0.1) is 0 Å². The van der Waals surface area contributed by atoms with Gasteiger partial charge in [0.15, 0.2) is 0 Å². The van der Waals surface area contributed by atoms with E-state index in [-0.39, 0.29) is 5.91 Å². The molecular formula is C15H13BrN2O. The number of hydrogen-bond acceptors (Lipinski definition) is 2. The molecule has 0 atom stereocenters. The van der Waals surface area contributed by atoms with Gasteiger partial charge in [0.25, 0.3) is 5.91 Å². The van der Waals surface area contributed by atoms with Gasteiger partial charge in [0.1, 0.15) is 0 Å². The second kappa shape index (κ2) is 4.70. The van der Waals surface area contributed by atoms with Gasteiger partial charge in [-0.15, -0.1) is 0 Å². The first-order valence-corrected chi connectivity index (χ1v) is 6.91. The Balaban J connectivity index is 2.00. The van der Waals surface area contributed by atoms with E-state index < -0.39 is 0 Å². The van der Waals surface area contributed by atoms with Crippen LogP contribution in [0.2, 0.25) is 0 Å². The minimum absolute atomic E-state index is 0.0450. The number of nitrogens with zero attached hydrogens (tertiary/aromatic N) is 1. The van der Waals surface area contributed by atoms with Gasteiger partial charge in [0.2, 0.25) is 0 Å². The van der Waals surface area contributed by atoms with Gasteiger partial charge in [-0.05, 0) is 52.2 Å². The topological polar surface area (TPSA) is 46.3 Å². The Hall–Kier alpha value is -1.81. The summed E-state index contributed by atoms with van der Waals surface area (Å²) < 4.78 is 0.848. The number of rotatable bonds is 1. The summed E-state index contributed by atoms with van der Waals surface area (Å²) in [5, 5.41) is 0. The van der Waals surface area contributed by atoms with Crippen LogP contribution in [0.4, 0.5) is 11.4 Å². The van der Waals surface area contributed by atoms with E-state index in [4.69, 9.17) is 5.73 Å². The molecule has 0 fully saturated rings. The predicted molar refractivity (Wildman–Crippen MR) is 80.4 cm³/mol. The number of nitrogens with two attached hydrogens (primary N) is 1. The molecule has 3 nitrogen and oxygen atoms in total. The molecule has 0 bridgehead atoms. The number of nitrogen functional groups attached to an aromatic ring is 1. The fourth-order valence-corrected chi connectivity index (χ4v) is 2.62.